The van der Waals surface area contributed by atoms with Crippen LogP contribution in [0.4, 0.5) is 0 Å². The second-order valence-corrected chi connectivity index (χ2v) is 5.67. The molecule has 0 saturated carbocycles. The Balaban J connectivity index is 1.94. The molecular formula is C14H11ClN2O2S. The molecule has 0 saturated heterocycles. The van der Waals surface area contributed by atoms with Gasteiger partial charge in [0.15, 0.2) is 5.76 Å². The van der Waals surface area contributed by atoms with Crippen molar-refractivity contribution in [2.24, 2.45) is 5.73 Å². The van der Waals surface area contributed by atoms with Gasteiger partial charge >= 0.3 is 0 Å². The normalized spacial score (nSPS) is 11.1. The van der Waals surface area contributed by atoms with E-state index in [0.29, 0.717) is 29.3 Å². The Morgan fingerprint density at radius 1 is 1.40 bits per heavy atom. The summed E-state index contributed by atoms with van der Waals surface area (Å²) in [5, 5.41) is 4.00. The minimum atomic E-state index is -0.225. The zero-order valence-corrected chi connectivity index (χ0v) is 12.0. The highest BCUT2D eigenvalue weighted by molar-refractivity contribution is 7.09. The Morgan fingerprint density at radius 2 is 2.25 bits per heavy atom. The first kappa shape index (κ1) is 13.3. The second kappa shape index (κ2) is 5.36. The van der Waals surface area contributed by atoms with E-state index in [-0.39, 0.29) is 11.5 Å². The van der Waals surface area contributed by atoms with Gasteiger partial charge in [0.05, 0.1) is 5.01 Å². The van der Waals surface area contributed by atoms with Crippen LogP contribution in [0, 0.1) is 0 Å². The summed E-state index contributed by atoms with van der Waals surface area (Å²) in [6.07, 6.45) is 0.674. The maximum atomic E-state index is 12.3. The van der Waals surface area contributed by atoms with Crippen molar-refractivity contribution in [2.45, 2.75) is 6.42 Å². The molecule has 1 aromatic carbocycles. The number of hydrogen-bond donors (Lipinski definition) is 1. The first-order chi connectivity index (χ1) is 9.67. The van der Waals surface area contributed by atoms with E-state index in [1.807, 2.05) is 0 Å². The van der Waals surface area contributed by atoms with Crippen LogP contribution in [0.1, 0.15) is 21.3 Å². The smallest absolute Gasteiger partial charge is 0.247 e. The number of carbonyl (C=O) groups is 1. The molecule has 0 radical (unpaired) electrons. The molecular weight excluding hydrogens is 296 g/mol. The van der Waals surface area contributed by atoms with Gasteiger partial charge in [-0.05, 0) is 30.8 Å². The SMILES string of the molecule is NCCc1nc(C(=O)c2cc3cc(Cl)ccc3o2)cs1. The van der Waals surface area contributed by atoms with Crippen molar-refractivity contribution in [1.29, 1.82) is 0 Å². The molecule has 2 heterocycles. The van der Waals surface area contributed by atoms with E-state index in [1.165, 1.54) is 11.3 Å². The number of aromatic nitrogens is 1. The Labute approximate surface area is 124 Å². The van der Waals surface area contributed by atoms with Gasteiger partial charge in [-0.2, -0.15) is 0 Å². The van der Waals surface area contributed by atoms with Crippen molar-refractivity contribution in [3.8, 4) is 0 Å². The van der Waals surface area contributed by atoms with Crippen LogP contribution in [0.2, 0.25) is 5.02 Å². The Morgan fingerprint density at radius 3 is 3.05 bits per heavy atom. The summed E-state index contributed by atoms with van der Waals surface area (Å²) >= 11 is 7.35. The Hall–Kier alpha value is -1.69. The standard InChI is InChI=1S/C14H11ClN2O2S/c15-9-1-2-11-8(5-9)6-12(19-11)14(18)10-7-20-13(17-10)3-4-16/h1-2,5-7H,3-4,16H2. The fourth-order valence-corrected chi connectivity index (χ4v) is 2.88. The summed E-state index contributed by atoms with van der Waals surface area (Å²) in [6, 6.07) is 6.92. The number of benzene rings is 1. The lowest BCUT2D eigenvalue weighted by molar-refractivity contribution is 0.101. The van der Waals surface area contributed by atoms with E-state index < -0.39 is 0 Å². The van der Waals surface area contributed by atoms with Crippen molar-refractivity contribution in [2.75, 3.05) is 6.54 Å². The lowest BCUT2D eigenvalue weighted by Crippen LogP contribution is -2.04. The van der Waals surface area contributed by atoms with Crippen molar-refractivity contribution in [3.63, 3.8) is 0 Å². The largest absolute Gasteiger partial charge is 0.453 e. The number of hydrogen-bond acceptors (Lipinski definition) is 5. The van der Waals surface area contributed by atoms with Crippen molar-refractivity contribution < 1.29 is 9.21 Å². The summed E-state index contributed by atoms with van der Waals surface area (Å²) in [7, 11) is 0. The molecule has 3 rings (SSSR count). The Bertz CT molecular complexity index is 778. The van der Waals surface area contributed by atoms with E-state index in [0.717, 1.165) is 10.4 Å². The number of nitrogens with zero attached hydrogens (tertiary/aromatic N) is 1. The Kier molecular flexibility index (Phi) is 3.56. The molecule has 102 valence electrons. The van der Waals surface area contributed by atoms with Crippen LogP contribution < -0.4 is 5.73 Å². The number of rotatable bonds is 4. The molecule has 0 fully saturated rings. The van der Waals surface area contributed by atoms with Crippen molar-refractivity contribution >= 4 is 39.7 Å². The van der Waals surface area contributed by atoms with Gasteiger partial charge in [0, 0.05) is 22.2 Å². The van der Waals surface area contributed by atoms with E-state index in [9.17, 15) is 4.79 Å². The summed E-state index contributed by atoms with van der Waals surface area (Å²) < 4.78 is 5.54. The minimum Gasteiger partial charge on any atom is -0.453 e. The lowest BCUT2D eigenvalue weighted by Gasteiger charge is -1.91. The molecule has 0 amide bonds. The van der Waals surface area contributed by atoms with Crippen LogP contribution in [0.15, 0.2) is 34.1 Å². The summed E-state index contributed by atoms with van der Waals surface area (Å²) in [5.41, 5.74) is 6.50. The number of carbonyl (C=O) groups excluding carboxylic acids is 1. The number of nitrogens with two attached hydrogens (primary N) is 1. The summed E-state index contributed by atoms with van der Waals surface area (Å²) in [5.74, 6) is 0.0451. The third kappa shape index (κ3) is 2.47. The predicted molar refractivity (Wildman–Crippen MR) is 79.5 cm³/mol. The zero-order valence-electron chi connectivity index (χ0n) is 10.4. The van der Waals surface area contributed by atoms with Gasteiger partial charge in [-0.3, -0.25) is 4.79 Å². The molecule has 0 bridgehead atoms. The van der Waals surface area contributed by atoms with Crippen LogP contribution in [-0.4, -0.2) is 17.3 Å². The molecule has 2 aromatic heterocycles. The molecule has 0 aliphatic heterocycles. The third-order valence-electron chi connectivity index (χ3n) is 2.84. The molecule has 20 heavy (non-hydrogen) atoms. The number of thiazole rings is 1. The molecule has 0 atom stereocenters. The first-order valence-electron chi connectivity index (χ1n) is 6.05. The van der Waals surface area contributed by atoms with Crippen LogP contribution in [0.25, 0.3) is 11.0 Å². The highest BCUT2D eigenvalue weighted by atomic mass is 35.5. The molecule has 0 spiro atoms. The van der Waals surface area contributed by atoms with Gasteiger partial charge in [-0.15, -0.1) is 11.3 Å². The molecule has 3 aromatic rings. The second-order valence-electron chi connectivity index (χ2n) is 4.29. The van der Waals surface area contributed by atoms with Crippen LogP contribution in [0.3, 0.4) is 0 Å². The number of ketones is 1. The first-order valence-corrected chi connectivity index (χ1v) is 7.31. The fourth-order valence-electron chi connectivity index (χ4n) is 1.91. The monoisotopic (exact) mass is 306 g/mol. The van der Waals surface area contributed by atoms with Crippen molar-refractivity contribution in [1.82, 2.24) is 4.98 Å². The molecule has 2 N–H and O–H groups in total. The van der Waals surface area contributed by atoms with Gasteiger partial charge in [-0.1, -0.05) is 11.6 Å². The maximum absolute atomic E-state index is 12.3. The summed E-state index contributed by atoms with van der Waals surface area (Å²) in [6.45, 7) is 0.518. The topological polar surface area (TPSA) is 69.1 Å². The molecule has 6 heteroatoms. The predicted octanol–water partition coefficient (Wildman–Crippen LogP) is 3.27. The van der Waals surface area contributed by atoms with Gasteiger partial charge < -0.3 is 10.2 Å². The quantitative estimate of drug-likeness (QED) is 0.751. The van der Waals surface area contributed by atoms with Gasteiger partial charge in [0.1, 0.15) is 11.3 Å². The van der Waals surface area contributed by atoms with E-state index in [4.69, 9.17) is 21.8 Å². The highest BCUT2D eigenvalue weighted by Gasteiger charge is 2.17. The zero-order chi connectivity index (χ0) is 14.1. The molecule has 0 unspecified atom stereocenters. The third-order valence-corrected chi connectivity index (χ3v) is 3.99. The molecule has 0 aliphatic rings. The van der Waals surface area contributed by atoms with Crippen LogP contribution >= 0.6 is 22.9 Å². The molecule has 4 nitrogen and oxygen atoms in total. The fraction of sp³-hybridized carbons (Fsp3) is 0.143. The van der Waals surface area contributed by atoms with Crippen LogP contribution in [-0.2, 0) is 6.42 Å². The van der Waals surface area contributed by atoms with Gasteiger partial charge in [0.2, 0.25) is 5.78 Å². The van der Waals surface area contributed by atoms with Crippen LogP contribution in [0.5, 0.6) is 0 Å². The minimum absolute atomic E-state index is 0.225. The average Bonchev–Trinajstić information content (AvgIpc) is 3.04. The van der Waals surface area contributed by atoms with E-state index in [2.05, 4.69) is 4.98 Å². The van der Waals surface area contributed by atoms with Gasteiger partial charge in [-0.25, -0.2) is 4.98 Å². The summed E-state index contributed by atoms with van der Waals surface area (Å²) in [4.78, 5) is 16.6. The van der Waals surface area contributed by atoms with Gasteiger partial charge in [0.25, 0.3) is 0 Å². The molecule has 0 aliphatic carbocycles. The van der Waals surface area contributed by atoms with E-state index in [1.54, 1.807) is 29.6 Å². The van der Waals surface area contributed by atoms with E-state index >= 15 is 0 Å². The number of furan rings is 1. The maximum Gasteiger partial charge on any atom is 0.247 e. The number of fused-ring (bicyclic) bond motifs is 1. The average molecular weight is 307 g/mol. The highest BCUT2D eigenvalue weighted by Crippen LogP contribution is 2.25. The lowest BCUT2D eigenvalue weighted by atomic mass is 10.2. The van der Waals surface area contributed by atoms with Crippen molar-refractivity contribution in [3.05, 3.63) is 51.1 Å². The number of halogens is 1.